The number of alkyl halides is 3. The summed E-state index contributed by atoms with van der Waals surface area (Å²) in [5, 5.41) is 20.4. The summed E-state index contributed by atoms with van der Waals surface area (Å²) < 4.78 is 37.3. The topological polar surface area (TPSA) is 116 Å². The zero-order chi connectivity index (χ0) is 17.6. The highest BCUT2D eigenvalue weighted by Gasteiger charge is 2.31. The van der Waals surface area contributed by atoms with Crippen molar-refractivity contribution in [3.8, 4) is 6.07 Å². The molecule has 0 spiro atoms. The summed E-state index contributed by atoms with van der Waals surface area (Å²) in [6, 6.07) is 4.01. The molecule has 4 N–H and O–H groups in total. The van der Waals surface area contributed by atoms with E-state index in [1.807, 2.05) is 0 Å². The maximum atomic E-state index is 12.4. The lowest BCUT2D eigenvalue weighted by molar-refractivity contribution is -0.137. The van der Waals surface area contributed by atoms with E-state index in [0.29, 0.717) is 0 Å². The molecule has 23 heavy (non-hydrogen) atoms. The first-order chi connectivity index (χ1) is 10.7. The van der Waals surface area contributed by atoms with E-state index >= 15 is 0 Å². The van der Waals surface area contributed by atoms with Crippen molar-refractivity contribution in [3.05, 3.63) is 35.4 Å². The highest BCUT2D eigenvalue weighted by Crippen LogP contribution is 2.29. The lowest BCUT2D eigenvalue weighted by atomic mass is 10.0. The number of primary amides is 1. The van der Waals surface area contributed by atoms with Gasteiger partial charge < -0.3 is 16.2 Å². The van der Waals surface area contributed by atoms with Gasteiger partial charge in [-0.15, -0.1) is 0 Å². The molecule has 0 aliphatic heterocycles. The van der Waals surface area contributed by atoms with Crippen LogP contribution in [0.3, 0.4) is 0 Å². The summed E-state index contributed by atoms with van der Waals surface area (Å²) in [6.07, 6.45) is -6.36. The first kappa shape index (κ1) is 18.4. The Bertz CT molecular complexity index is 608. The summed E-state index contributed by atoms with van der Waals surface area (Å²) in [5.74, 6) is -1.88. The van der Waals surface area contributed by atoms with Gasteiger partial charge in [0.25, 0.3) is 5.91 Å². The van der Waals surface area contributed by atoms with Crippen LogP contribution in [0.2, 0.25) is 0 Å². The summed E-state index contributed by atoms with van der Waals surface area (Å²) in [7, 11) is 0. The molecule has 0 radical (unpaired) electrons. The Morgan fingerprint density at radius 2 is 1.87 bits per heavy atom. The Morgan fingerprint density at radius 3 is 2.30 bits per heavy atom. The molecule has 1 aromatic rings. The fourth-order valence-corrected chi connectivity index (χ4v) is 1.75. The van der Waals surface area contributed by atoms with E-state index in [0.717, 1.165) is 24.3 Å². The van der Waals surface area contributed by atoms with Crippen molar-refractivity contribution < 1.29 is 27.9 Å². The van der Waals surface area contributed by atoms with Gasteiger partial charge in [-0.3, -0.25) is 9.59 Å². The molecule has 1 rings (SSSR count). The Balaban J connectivity index is 2.79. The van der Waals surface area contributed by atoms with Crippen molar-refractivity contribution in [1.29, 1.82) is 5.26 Å². The first-order valence-electron chi connectivity index (χ1n) is 6.48. The van der Waals surface area contributed by atoms with Crippen molar-refractivity contribution in [1.82, 2.24) is 5.32 Å². The molecule has 0 bridgehead atoms. The monoisotopic (exact) mass is 329 g/mol. The zero-order valence-electron chi connectivity index (χ0n) is 11.8. The van der Waals surface area contributed by atoms with Crippen molar-refractivity contribution >= 4 is 11.8 Å². The van der Waals surface area contributed by atoms with Crippen LogP contribution < -0.4 is 11.1 Å². The molecule has 1 aromatic carbocycles. The van der Waals surface area contributed by atoms with Crippen molar-refractivity contribution in [2.75, 3.05) is 0 Å². The number of aliphatic hydroxyl groups is 1. The van der Waals surface area contributed by atoms with E-state index in [2.05, 4.69) is 5.32 Å². The minimum Gasteiger partial charge on any atom is -0.378 e. The highest BCUT2D eigenvalue weighted by atomic mass is 19.4. The molecule has 0 aromatic heterocycles. The number of halogens is 3. The fraction of sp³-hybridized carbons (Fsp3) is 0.357. The smallest absolute Gasteiger partial charge is 0.378 e. The van der Waals surface area contributed by atoms with E-state index in [9.17, 15) is 27.9 Å². The maximum absolute atomic E-state index is 12.4. The Hall–Kier alpha value is -2.60. The lowest BCUT2D eigenvalue weighted by Crippen LogP contribution is -2.46. The van der Waals surface area contributed by atoms with Gasteiger partial charge in [-0.1, -0.05) is 12.1 Å². The summed E-state index contributed by atoms with van der Waals surface area (Å²) >= 11 is 0. The molecule has 0 unspecified atom stereocenters. The van der Waals surface area contributed by atoms with Crippen molar-refractivity contribution in [2.45, 2.75) is 31.2 Å². The van der Waals surface area contributed by atoms with Crippen LogP contribution in [0.4, 0.5) is 13.2 Å². The molecule has 0 aliphatic rings. The molecule has 0 heterocycles. The Kier molecular flexibility index (Phi) is 6.10. The van der Waals surface area contributed by atoms with E-state index in [1.54, 1.807) is 6.07 Å². The van der Waals surface area contributed by atoms with Crippen LogP contribution in [0.15, 0.2) is 24.3 Å². The van der Waals surface area contributed by atoms with E-state index in [1.165, 1.54) is 0 Å². The molecule has 2 atom stereocenters. The van der Waals surface area contributed by atoms with Gasteiger partial charge in [0, 0.05) is 6.42 Å². The second-order valence-corrected chi connectivity index (χ2v) is 4.68. The summed E-state index contributed by atoms with van der Waals surface area (Å²) in [6.45, 7) is 0. The van der Waals surface area contributed by atoms with Gasteiger partial charge in [-0.2, -0.15) is 18.4 Å². The maximum Gasteiger partial charge on any atom is 0.416 e. The number of nitrogens with two attached hydrogens (primary N) is 1. The van der Waals surface area contributed by atoms with E-state index < -0.39 is 35.7 Å². The van der Waals surface area contributed by atoms with Crippen LogP contribution in [-0.2, 0) is 15.8 Å². The van der Waals surface area contributed by atoms with Gasteiger partial charge in [-0.05, 0) is 24.1 Å². The molecule has 0 aliphatic carbocycles. The van der Waals surface area contributed by atoms with Crippen LogP contribution in [0.5, 0.6) is 0 Å². The number of nitrogens with zero attached hydrogens (tertiary/aromatic N) is 1. The van der Waals surface area contributed by atoms with Crippen LogP contribution in [0, 0.1) is 11.3 Å². The van der Waals surface area contributed by atoms with Crippen LogP contribution in [0.1, 0.15) is 30.1 Å². The van der Waals surface area contributed by atoms with Crippen LogP contribution >= 0.6 is 0 Å². The lowest BCUT2D eigenvalue weighted by Gasteiger charge is -2.17. The van der Waals surface area contributed by atoms with Gasteiger partial charge in [0.1, 0.15) is 6.04 Å². The van der Waals surface area contributed by atoms with Crippen LogP contribution in [-0.4, -0.2) is 23.0 Å². The highest BCUT2D eigenvalue weighted by molar-refractivity contribution is 5.89. The largest absolute Gasteiger partial charge is 0.416 e. The summed E-state index contributed by atoms with van der Waals surface area (Å²) in [4.78, 5) is 23.0. The predicted molar refractivity (Wildman–Crippen MR) is 72.4 cm³/mol. The quantitative estimate of drug-likeness (QED) is 0.722. The van der Waals surface area contributed by atoms with Crippen molar-refractivity contribution in [3.63, 3.8) is 0 Å². The van der Waals surface area contributed by atoms with E-state index in [-0.39, 0.29) is 18.4 Å². The predicted octanol–water partition coefficient (Wildman–Crippen LogP) is 1.01. The average Bonchev–Trinajstić information content (AvgIpc) is 2.49. The number of amides is 2. The summed E-state index contributed by atoms with van der Waals surface area (Å²) in [5.41, 5.74) is 4.07. The second-order valence-electron chi connectivity index (χ2n) is 4.68. The molecular weight excluding hydrogens is 315 g/mol. The van der Waals surface area contributed by atoms with Gasteiger partial charge in [0.2, 0.25) is 5.91 Å². The number of carbonyl (C=O) groups is 2. The molecular formula is C14H14F3N3O3. The first-order valence-corrected chi connectivity index (χ1v) is 6.48. The van der Waals surface area contributed by atoms with Crippen LogP contribution in [0.25, 0.3) is 0 Å². The minimum atomic E-state index is -4.53. The Morgan fingerprint density at radius 1 is 1.30 bits per heavy atom. The molecule has 9 heteroatoms. The molecule has 0 saturated carbocycles. The molecule has 2 amide bonds. The average molecular weight is 329 g/mol. The number of nitrogens with one attached hydrogen (secondary N) is 1. The number of aliphatic hydroxyl groups excluding tert-OH is 1. The SMILES string of the molecule is N#CCC[C@H](NC(=O)[C@H](O)c1ccc(C(F)(F)F)cc1)C(N)=O. The number of rotatable bonds is 6. The third-order valence-corrected chi connectivity index (χ3v) is 3.01. The third kappa shape index (κ3) is 5.27. The van der Waals surface area contributed by atoms with Crippen molar-refractivity contribution in [2.24, 2.45) is 5.73 Å². The second kappa shape index (κ2) is 7.60. The fourth-order valence-electron chi connectivity index (χ4n) is 1.75. The Labute approximate surface area is 129 Å². The number of carbonyl (C=O) groups excluding carboxylic acids is 2. The molecule has 6 nitrogen and oxygen atoms in total. The molecule has 0 fully saturated rings. The molecule has 124 valence electrons. The van der Waals surface area contributed by atoms with Gasteiger partial charge >= 0.3 is 6.18 Å². The van der Waals surface area contributed by atoms with Gasteiger partial charge in [0.05, 0.1) is 11.6 Å². The van der Waals surface area contributed by atoms with E-state index in [4.69, 9.17) is 11.0 Å². The number of nitriles is 1. The standard InChI is InChI=1S/C14H14F3N3O3/c15-14(16,17)9-5-3-8(4-6-9)11(21)13(23)20-10(12(19)22)2-1-7-18/h3-6,10-11,21H,1-2H2,(H2,19,22)(H,20,23)/t10-,11+/m0/s1. The zero-order valence-corrected chi connectivity index (χ0v) is 11.8. The minimum absolute atomic E-state index is 0.0305. The number of benzene rings is 1. The molecule has 0 saturated heterocycles. The number of hydrogen-bond acceptors (Lipinski definition) is 4. The van der Waals surface area contributed by atoms with Gasteiger partial charge in [-0.25, -0.2) is 0 Å². The number of hydrogen-bond donors (Lipinski definition) is 3. The third-order valence-electron chi connectivity index (χ3n) is 3.01. The normalized spacial score (nSPS) is 13.7. The van der Waals surface area contributed by atoms with Gasteiger partial charge in [0.15, 0.2) is 6.10 Å².